The number of benzene rings is 1. The Balaban J connectivity index is 2.56. The molecule has 0 N–H and O–H groups in total. The van der Waals surface area contributed by atoms with Crippen LogP contribution in [0, 0.1) is 0 Å². The molecule has 0 bridgehead atoms. The maximum Gasteiger partial charge on any atom is 0.338 e. The number of ether oxygens (including phenoxy) is 1. The van der Waals surface area contributed by atoms with Crippen LogP contribution in [0.1, 0.15) is 29.8 Å². The van der Waals surface area contributed by atoms with E-state index in [1.165, 1.54) is 0 Å². The minimum Gasteiger partial charge on any atom is -0.456 e. The van der Waals surface area contributed by atoms with Crippen LogP contribution in [-0.4, -0.2) is 11.6 Å². The van der Waals surface area contributed by atoms with E-state index in [1.807, 2.05) is 26.0 Å². The summed E-state index contributed by atoms with van der Waals surface area (Å²) in [6.45, 7) is 3.85. The van der Waals surface area contributed by atoms with Crippen LogP contribution in [0.5, 0.6) is 0 Å². The van der Waals surface area contributed by atoms with Crippen LogP contribution in [0.2, 0.25) is 0 Å². The monoisotopic (exact) mass is 254 g/mol. The zero-order valence-electron chi connectivity index (χ0n) is 8.13. The van der Waals surface area contributed by atoms with Crippen molar-refractivity contribution in [2.24, 2.45) is 0 Å². The molecule has 0 radical (unpaired) electrons. The molecule has 0 aliphatic carbocycles. The topological polar surface area (TPSA) is 26.3 Å². The summed E-state index contributed by atoms with van der Waals surface area (Å²) in [6.07, 6.45) is 0.759. The number of hydrogen-bond donors (Lipinski definition) is 0. The molecule has 0 amide bonds. The fraction of sp³-hybridized carbons (Fsp3) is 0.364. The van der Waals surface area contributed by atoms with Crippen molar-refractivity contribution in [1.29, 1.82) is 0 Å². The Morgan fingerprint density at radius 2 is 2.14 bits per heavy atom. The number of halogens is 1. The highest BCUT2D eigenvalue weighted by Crippen LogP contribution is 2.32. The molecule has 1 aromatic carbocycles. The molecule has 1 aliphatic heterocycles. The van der Waals surface area contributed by atoms with Gasteiger partial charge in [0.1, 0.15) is 5.60 Å². The number of fused-ring (bicyclic) bond motifs is 1. The third-order valence-corrected chi connectivity index (χ3v) is 3.05. The lowest BCUT2D eigenvalue weighted by atomic mass is 9.91. The van der Waals surface area contributed by atoms with Crippen LogP contribution in [0.15, 0.2) is 22.7 Å². The number of cyclic esters (lactones) is 1. The van der Waals surface area contributed by atoms with Crippen LogP contribution >= 0.6 is 15.9 Å². The highest BCUT2D eigenvalue weighted by molar-refractivity contribution is 9.10. The number of esters is 1. The average molecular weight is 255 g/mol. The first kappa shape index (κ1) is 9.71. The molecular weight excluding hydrogens is 244 g/mol. The number of hydrogen-bond acceptors (Lipinski definition) is 2. The Kier molecular flexibility index (Phi) is 2.14. The molecule has 1 aliphatic rings. The van der Waals surface area contributed by atoms with Crippen LogP contribution in [0.25, 0.3) is 0 Å². The first-order chi connectivity index (χ1) is 6.49. The van der Waals surface area contributed by atoms with E-state index in [9.17, 15) is 4.79 Å². The first-order valence-corrected chi connectivity index (χ1v) is 5.30. The second-order valence-corrected chi connectivity index (χ2v) is 4.95. The van der Waals surface area contributed by atoms with Gasteiger partial charge in [0.25, 0.3) is 0 Å². The number of carbonyl (C=O) groups excluding carboxylic acids is 1. The summed E-state index contributed by atoms with van der Waals surface area (Å²) in [6, 6.07) is 5.60. The third-order valence-electron chi connectivity index (χ3n) is 2.31. The largest absolute Gasteiger partial charge is 0.456 e. The minimum atomic E-state index is -0.395. The van der Waals surface area contributed by atoms with Crippen molar-refractivity contribution in [2.45, 2.75) is 25.9 Å². The number of carbonyl (C=O) groups is 1. The molecule has 0 saturated heterocycles. The lowest BCUT2D eigenvalue weighted by Gasteiger charge is -2.31. The Hall–Kier alpha value is -0.830. The summed E-state index contributed by atoms with van der Waals surface area (Å²) >= 11 is 3.45. The molecule has 1 aromatic rings. The molecule has 74 valence electrons. The van der Waals surface area contributed by atoms with Gasteiger partial charge in [0.2, 0.25) is 0 Å². The van der Waals surface area contributed by atoms with E-state index in [0.29, 0.717) is 5.56 Å². The lowest BCUT2D eigenvalue weighted by Crippen LogP contribution is -2.36. The van der Waals surface area contributed by atoms with Gasteiger partial charge in [-0.1, -0.05) is 22.0 Å². The molecular formula is C11H11BrO2. The van der Waals surface area contributed by atoms with Gasteiger partial charge in [-0.2, -0.15) is 0 Å². The summed E-state index contributed by atoms with van der Waals surface area (Å²) in [4.78, 5) is 11.6. The zero-order chi connectivity index (χ0) is 10.3. The van der Waals surface area contributed by atoms with E-state index in [4.69, 9.17) is 4.74 Å². The summed E-state index contributed by atoms with van der Waals surface area (Å²) in [7, 11) is 0. The van der Waals surface area contributed by atoms with Crippen molar-refractivity contribution >= 4 is 21.9 Å². The smallest absolute Gasteiger partial charge is 0.338 e. The Morgan fingerprint density at radius 1 is 1.43 bits per heavy atom. The van der Waals surface area contributed by atoms with E-state index in [0.717, 1.165) is 16.5 Å². The molecule has 0 unspecified atom stereocenters. The normalized spacial score (nSPS) is 18.6. The molecule has 0 fully saturated rings. The highest BCUT2D eigenvalue weighted by atomic mass is 79.9. The van der Waals surface area contributed by atoms with E-state index in [-0.39, 0.29) is 5.97 Å². The van der Waals surface area contributed by atoms with Gasteiger partial charge in [-0.15, -0.1) is 0 Å². The maximum atomic E-state index is 11.6. The second-order valence-electron chi connectivity index (χ2n) is 4.09. The maximum absolute atomic E-state index is 11.6. The standard InChI is InChI=1S/C11H11BrO2/c1-11(2)6-8-7(10(13)14-11)4-3-5-9(8)12/h3-5H,6H2,1-2H3. The number of rotatable bonds is 0. The van der Waals surface area contributed by atoms with Crippen molar-refractivity contribution in [3.63, 3.8) is 0 Å². The van der Waals surface area contributed by atoms with Crippen molar-refractivity contribution < 1.29 is 9.53 Å². The van der Waals surface area contributed by atoms with E-state index in [1.54, 1.807) is 6.07 Å². The van der Waals surface area contributed by atoms with Gasteiger partial charge in [-0.25, -0.2) is 4.79 Å². The summed E-state index contributed by atoms with van der Waals surface area (Å²) in [5.74, 6) is -0.224. The molecule has 3 heteroatoms. The quantitative estimate of drug-likeness (QED) is 0.666. The van der Waals surface area contributed by atoms with Gasteiger partial charge in [0.15, 0.2) is 0 Å². The van der Waals surface area contributed by atoms with E-state index >= 15 is 0 Å². The Morgan fingerprint density at radius 3 is 2.86 bits per heavy atom. The Bertz CT molecular complexity index is 396. The molecule has 0 saturated carbocycles. The molecule has 0 spiro atoms. The summed E-state index contributed by atoms with van der Waals surface area (Å²) in [5.41, 5.74) is 1.33. The molecule has 2 rings (SSSR count). The summed E-state index contributed by atoms with van der Waals surface area (Å²) in [5, 5.41) is 0. The van der Waals surface area contributed by atoms with E-state index < -0.39 is 5.60 Å². The molecule has 14 heavy (non-hydrogen) atoms. The van der Waals surface area contributed by atoms with Crippen LogP contribution in [0.4, 0.5) is 0 Å². The fourth-order valence-corrected chi connectivity index (χ4v) is 2.20. The van der Waals surface area contributed by atoms with Gasteiger partial charge < -0.3 is 4.74 Å². The van der Waals surface area contributed by atoms with Gasteiger partial charge in [0, 0.05) is 10.9 Å². The zero-order valence-corrected chi connectivity index (χ0v) is 9.72. The molecule has 0 aromatic heterocycles. The van der Waals surface area contributed by atoms with Gasteiger partial charge in [-0.3, -0.25) is 0 Å². The van der Waals surface area contributed by atoms with Gasteiger partial charge >= 0.3 is 5.97 Å². The van der Waals surface area contributed by atoms with Crippen LogP contribution in [0.3, 0.4) is 0 Å². The third kappa shape index (κ3) is 1.57. The molecule has 1 heterocycles. The lowest BCUT2D eigenvalue weighted by molar-refractivity contribution is -0.00659. The van der Waals surface area contributed by atoms with Gasteiger partial charge in [0.05, 0.1) is 5.56 Å². The molecule has 0 atom stereocenters. The van der Waals surface area contributed by atoms with Crippen LogP contribution in [-0.2, 0) is 11.2 Å². The van der Waals surface area contributed by atoms with Crippen LogP contribution < -0.4 is 0 Å². The minimum absolute atomic E-state index is 0.224. The van der Waals surface area contributed by atoms with Crippen molar-refractivity contribution in [3.05, 3.63) is 33.8 Å². The van der Waals surface area contributed by atoms with Crippen molar-refractivity contribution in [1.82, 2.24) is 0 Å². The Labute approximate surface area is 91.4 Å². The fourth-order valence-electron chi connectivity index (χ4n) is 1.70. The second kappa shape index (κ2) is 3.09. The summed E-state index contributed by atoms with van der Waals surface area (Å²) < 4.78 is 6.28. The molecule has 2 nitrogen and oxygen atoms in total. The van der Waals surface area contributed by atoms with E-state index in [2.05, 4.69) is 15.9 Å². The predicted octanol–water partition coefficient (Wildman–Crippen LogP) is 2.94. The predicted molar refractivity (Wildman–Crippen MR) is 57.3 cm³/mol. The van der Waals surface area contributed by atoms with Crippen molar-refractivity contribution in [3.8, 4) is 0 Å². The van der Waals surface area contributed by atoms with Gasteiger partial charge in [-0.05, 0) is 31.5 Å². The SMILES string of the molecule is CC1(C)Cc2c(Br)cccc2C(=O)O1. The van der Waals surface area contributed by atoms with Crippen molar-refractivity contribution in [2.75, 3.05) is 0 Å². The highest BCUT2D eigenvalue weighted by Gasteiger charge is 2.33. The average Bonchev–Trinajstić information content (AvgIpc) is 2.05. The first-order valence-electron chi connectivity index (χ1n) is 4.50.